The molecule has 0 radical (unpaired) electrons. The lowest BCUT2D eigenvalue weighted by Crippen LogP contribution is -2.34. The zero-order chi connectivity index (χ0) is 22.5. The Kier molecular flexibility index (Phi) is 11.9. The number of amides is 2. The maximum Gasteiger partial charge on any atom is 0.236 e. The first-order valence-electron chi connectivity index (χ1n) is 10.1. The van der Waals surface area contributed by atoms with Gasteiger partial charge in [0.25, 0.3) is 0 Å². The van der Waals surface area contributed by atoms with Crippen molar-refractivity contribution in [3.8, 4) is 10.4 Å². The van der Waals surface area contributed by atoms with Crippen LogP contribution >= 0.6 is 11.3 Å². The molecule has 1 aliphatic heterocycles. The van der Waals surface area contributed by atoms with E-state index in [2.05, 4.69) is 43.2 Å². The van der Waals surface area contributed by atoms with Crippen molar-refractivity contribution in [1.82, 2.24) is 15.2 Å². The number of aryl methyl sites for hydroxylation is 1. The summed E-state index contributed by atoms with van der Waals surface area (Å²) in [6.07, 6.45) is 1.06. The van der Waals surface area contributed by atoms with Crippen LogP contribution in [0.3, 0.4) is 0 Å². The molecule has 30 heavy (non-hydrogen) atoms. The first kappa shape index (κ1) is 25.7. The van der Waals surface area contributed by atoms with Crippen molar-refractivity contribution in [1.29, 1.82) is 0 Å². The Bertz CT molecular complexity index is 759. The van der Waals surface area contributed by atoms with E-state index in [1.54, 1.807) is 16.2 Å². The lowest BCUT2D eigenvalue weighted by Gasteiger charge is -2.13. The summed E-state index contributed by atoms with van der Waals surface area (Å²) in [4.78, 5) is 28.0. The van der Waals surface area contributed by atoms with Gasteiger partial charge < -0.3 is 21.1 Å². The number of β-amino-alcohol motifs (C(OH)–C–C–N with tert-alkyl or cyclic N) is 1. The van der Waals surface area contributed by atoms with E-state index in [0.717, 1.165) is 17.2 Å². The number of aliphatic hydroxyl groups is 1. The fraction of sp³-hybridized carbons (Fsp3) is 0.500. The van der Waals surface area contributed by atoms with E-state index in [1.807, 2.05) is 24.6 Å². The number of nitrogens with zero attached hydrogens (tertiary/aromatic N) is 2. The number of nitrogens with two attached hydrogens (primary N) is 1. The molecule has 1 unspecified atom stereocenters. The van der Waals surface area contributed by atoms with E-state index in [4.69, 9.17) is 10.8 Å². The third kappa shape index (κ3) is 9.47. The van der Waals surface area contributed by atoms with E-state index in [1.165, 1.54) is 10.4 Å². The number of aliphatic hydroxyl groups excluding tert-OH is 1. The minimum Gasteiger partial charge on any atom is -0.391 e. The van der Waals surface area contributed by atoms with Crippen molar-refractivity contribution in [2.75, 3.05) is 19.6 Å². The average molecular weight is 435 g/mol. The predicted octanol–water partition coefficient (Wildman–Crippen LogP) is 2.57. The highest BCUT2D eigenvalue weighted by atomic mass is 32.1. The minimum atomic E-state index is -0.338. The van der Waals surface area contributed by atoms with E-state index < -0.39 is 0 Å². The largest absolute Gasteiger partial charge is 0.391 e. The number of thiazole rings is 1. The molecule has 0 bridgehead atoms. The van der Waals surface area contributed by atoms with Crippen LogP contribution < -0.4 is 11.1 Å². The molecule has 4 N–H and O–H groups in total. The van der Waals surface area contributed by atoms with Crippen LogP contribution in [-0.2, 0) is 16.1 Å². The van der Waals surface area contributed by atoms with Gasteiger partial charge in [-0.3, -0.25) is 9.59 Å². The van der Waals surface area contributed by atoms with Crippen molar-refractivity contribution in [3.63, 3.8) is 0 Å². The van der Waals surface area contributed by atoms with Gasteiger partial charge >= 0.3 is 0 Å². The van der Waals surface area contributed by atoms with Gasteiger partial charge in [-0.1, -0.05) is 45.0 Å². The number of aromatic nitrogens is 1. The molecule has 0 saturated carbocycles. The highest BCUT2D eigenvalue weighted by molar-refractivity contribution is 7.13. The summed E-state index contributed by atoms with van der Waals surface area (Å²) in [6, 6.07) is 8.15. The number of carbonyl (C=O) groups excluding carboxylic acids is 2. The Balaban J connectivity index is 0.000000274. The molecule has 1 aliphatic rings. The Morgan fingerprint density at radius 3 is 2.43 bits per heavy atom. The molecule has 166 valence electrons. The summed E-state index contributed by atoms with van der Waals surface area (Å²) in [5.74, 6) is 0.761. The van der Waals surface area contributed by atoms with Crippen molar-refractivity contribution in [2.45, 2.75) is 46.8 Å². The highest BCUT2D eigenvalue weighted by Crippen LogP contribution is 2.27. The number of hydrogen-bond acceptors (Lipinski definition) is 6. The van der Waals surface area contributed by atoms with Crippen molar-refractivity contribution in [3.05, 3.63) is 41.0 Å². The maximum atomic E-state index is 10.8. The average Bonchev–Trinajstić information content (AvgIpc) is 3.34. The maximum absolute atomic E-state index is 10.8. The number of hydrogen-bond donors (Lipinski definition) is 3. The second kappa shape index (κ2) is 13.8. The quantitative estimate of drug-likeness (QED) is 0.627. The Morgan fingerprint density at radius 1 is 1.37 bits per heavy atom. The summed E-state index contributed by atoms with van der Waals surface area (Å²) >= 11 is 1.64. The molecule has 7 nitrogen and oxygen atoms in total. The van der Waals surface area contributed by atoms with Crippen LogP contribution in [0.25, 0.3) is 10.4 Å². The summed E-state index contributed by atoms with van der Waals surface area (Å²) < 4.78 is 0. The summed E-state index contributed by atoms with van der Waals surface area (Å²) in [5, 5.41) is 11.6. The topological polar surface area (TPSA) is 109 Å². The Morgan fingerprint density at radius 2 is 2.00 bits per heavy atom. The fourth-order valence-corrected chi connectivity index (χ4v) is 3.42. The van der Waals surface area contributed by atoms with Crippen molar-refractivity contribution in [2.24, 2.45) is 11.7 Å². The zero-order valence-corrected chi connectivity index (χ0v) is 19.1. The van der Waals surface area contributed by atoms with Gasteiger partial charge in [0.15, 0.2) is 0 Å². The number of benzene rings is 1. The lowest BCUT2D eigenvalue weighted by atomic mass is 10.1. The molecule has 3 rings (SSSR count). The van der Waals surface area contributed by atoms with Gasteiger partial charge in [0.1, 0.15) is 0 Å². The van der Waals surface area contributed by atoms with Crippen LogP contribution in [-0.4, -0.2) is 53.0 Å². The summed E-state index contributed by atoms with van der Waals surface area (Å²) in [6.45, 7) is 10.2. The molecule has 1 atom stereocenters. The van der Waals surface area contributed by atoms with Crippen LogP contribution in [0.2, 0.25) is 0 Å². The normalized spacial score (nSPS) is 15.0. The van der Waals surface area contributed by atoms with Crippen molar-refractivity contribution >= 4 is 23.7 Å². The van der Waals surface area contributed by atoms with Gasteiger partial charge in [-0.15, -0.1) is 11.3 Å². The highest BCUT2D eigenvalue weighted by Gasteiger charge is 2.22. The van der Waals surface area contributed by atoms with E-state index >= 15 is 0 Å². The predicted molar refractivity (Wildman–Crippen MR) is 122 cm³/mol. The van der Waals surface area contributed by atoms with Crippen LogP contribution in [0.4, 0.5) is 0 Å². The van der Waals surface area contributed by atoms with Gasteiger partial charge in [-0.2, -0.15) is 0 Å². The smallest absolute Gasteiger partial charge is 0.236 e. The molecular weight excluding hydrogens is 400 g/mol. The van der Waals surface area contributed by atoms with Gasteiger partial charge in [0.2, 0.25) is 12.3 Å². The van der Waals surface area contributed by atoms with E-state index in [0.29, 0.717) is 32.5 Å². The van der Waals surface area contributed by atoms with E-state index in [9.17, 15) is 9.59 Å². The number of carbonyl (C=O) groups is 2. The van der Waals surface area contributed by atoms with Crippen molar-refractivity contribution < 1.29 is 14.7 Å². The number of likely N-dealkylation sites (tertiary alicyclic amines) is 1. The third-order valence-corrected chi connectivity index (χ3v) is 5.02. The number of nitrogens with one attached hydrogen (secondary N) is 1. The standard InChI is InChI=1S/C12H12N2OS.C6H12N2O2.C4H10/c1-9-12(16-8-14-9)11-4-2-10(3-5-11)6-13-7-15;7-3-6(10)8-2-1-5(9)4-8;1-4(2)3/h2-5,7-8H,6H2,1H3,(H,13,15);5,9H,1-4,7H2;4H,1-3H3. The van der Waals surface area contributed by atoms with Gasteiger partial charge in [0.05, 0.1) is 28.7 Å². The zero-order valence-electron chi connectivity index (χ0n) is 18.3. The van der Waals surface area contributed by atoms with Crippen LogP contribution in [0.1, 0.15) is 38.4 Å². The molecule has 2 aromatic rings. The lowest BCUT2D eigenvalue weighted by molar-refractivity contribution is -0.129. The molecule has 2 amide bonds. The van der Waals surface area contributed by atoms with E-state index in [-0.39, 0.29) is 18.6 Å². The second-order valence-electron chi connectivity index (χ2n) is 7.68. The molecule has 1 aromatic heterocycles. The van der Waals surface area contributed by atoms with Crippen LogP contribution in [0.15, 0.2) is 29.8 Å². The third-order valence-electron chi connectivity index (χ3n) is 4.04. The molecular formula is C22H34N4O3S. The molecule has 1 aromatic carbocycles. The molecule has 0 aliphatic carbocycles. The van der Waals surface area contributed by atoms with Crippen LogP contribution in [0, 0.1) is 12.8 Å². The first-order valence-corrected chi connectivity index (χ1v) is 11.0. The molecule has 1 saturated heterocycles. The number of rotatable bonds is 5. The summed E-state index contributed by atoms with van der Waals surface area (Å²) in [7, 11) is 0. The minimum absolute atomic E-state index is 0.0483. The monoisotopic (exact) mass is 434 g/mol. The Labute approximate surface area is 183 Å². The molecule has 1 fully saturated rings. The summed E-state index contributed by atoms with van der Waals surface area (Å²) in [5.41, 5.74) is 10.3. The molecule has 8 heteroatoms. The first-order chi connectivity index (χ1) is 14.3. The molecule has 2 heterocycles. The SMILES string of the molecule is CC(C)C.Cc1ncsc1-c1ccc(CNC=O)cc1.NCC(=O)N1CCC(O)C1. The fourth-order valence-electron chi connectivity index (χ4n) is 2.61. The van der Waals surface area contributed by atoms with Gasteiger partial charge in [0, 0.05) is 19.6 Å². The second-order valence-corrected chi connectivity index (χ2v) is 8.54. The van der Waals surface area contributed by atoms with Gasteiger partial charge in [-0.05, 0) is 30.4 Å². The van der Waals surface area contributed by atoms with Gasteiger partial charge in [-0.25, -0.2) is 4.98 Å². The molecule has 0 spiro atoms. The Hall–Kier alpha value is -2.29. The van der Waals surface area contributed by atoms with Crippen LogP contribution in [0.5, 0.6) is 0 Å².